The molecule has 11 heteroatoms. The lowest BCUT2D eigenvalue weighted by Crippen LogP contribution is -2.39. The fourth-order valence-corrected chi connectivity index (χ4v) is 5.38. The van der Waals surface area contributed by atoms with Crippen molar-refractivity contribution < 1.29 is 23.9 Å². The van der Waals surface area contributed by atoms with Crippen LogP contribution in [-0.4, -0.2) is 65.2 Å². The van der Waals surface area contributed by atoms with Gasteiger partial charge in [-0.15, -0.1) is 0 Å². The van der Waals surface area contributed by atoms with Crippen molar-refractivity contribution in [2.75, 3.05) is 6.54 Å². The summed E-state index contributed by atoms with van der Waals surface area (Å²) in [4.78, 5) is 50.7. The summed E-state index contributed by atoms with van der Waals surface area (Å²) in [6.07, 6.45) is 3.09. The Morgan fingerprint density at radius 3 is 2.36 bits per heavy atom. The number of nitrogens with one attached hydrogen (secondary N) is 1. The second-order valence-electron chi connectivity index (χ2n) is 12.6. The number of aromatic nitrogens is 4. The Bertz CT molecular complexity index is 1740. The number of carbonyl (C=O) groups is 3. The van der Waals surface area contributed by atoms with Crippen LogP contribution in [0.4, 0.5) is 9.59 Å². The first kappa shape index (κ1) is 27.5. The quantitative estimate of drug-likeness (QED) is 0.334. The highest BCUT2D eigenvalue weighted by molar-refractivity contribution is 6.12. The number of imide groups is 1. The SMILES string of the molecule is CC(C)(C)OC(=O)N1CCc2nc(-c3ccc(-c4cnn5ccccc45)c4c3C(=O)N(C(=O)OC(C)(C)C)C4)[nH]c2C1. The van der Waals surface area contributed by atoms with Crippen LogP contribution in [0.3, 0.4) is 0 Å². The summed E-state index contributed by atoms with van der Waals surface area (Å²) < 4.78 is 12.9. The van der Waals surface area contributed by atoms with Gasteiger partial charge in [0.2, 0.25) is 0 Å². The third-order valence-electron chi connectivity index (χ3n) is 7.16. The van der Waals surface area contributed by atoms with Crippen molar-refractivity contribution in [3.8, 4) is 22.5 Å². The molecule has 6 rings (SSSR count). The minimum absolute atomic E-state index is 0.0588. The largest absolute Gasteiger partial charge is 0.444 e. The number of amides is 3. The number of nitrogens with zero attached hydrogens (tertiary/aromatic N) is 5. The number of benzene rings is 1. The number of H-pyrrole nitrogens is 1. The van der Waals surface area contributed by atoms with Gasteiger partial charge in [0, 0.05) is 30.3 Å². The highest BCUT2D eigenvalue weighted by atomic mass is 16.6. The zero-order valence-corrected chi connectivity index (χ0v) is 24.6. The maximum Gasteiger partial charge on any atom is 0.417 e. The van der Waals surface area contributed by atoms with Gasteiger partial charge in [0.05, 0.1) is 41.8 Å². The minimum Gasteiger partial charge on any atom is -0.444 e. The highest BCUT2D eigenvalue weighted by Crippen LogP contribution is 2.40. The van der Waals surface area contributed by atoms with E-state index in [4.69, 9.17) is 14.5 Å². The molecule has 0 fully saturated rings. The first-order valence-corrected chi connectivity index (χ1v) is 14.0. The van der Waals surface area contributed by atoms with Crippen LogP contribution < -0.4 is 0 Å². The molecule has 218 valence electrons. The van der Waals surface area contributed by atoms with Gasteiger partial charge in [-0.2, -0.15) is 5.10 Å². The third-order valence-corrected chi connectivity index (χ3v) is 7.16. The number of pyridine rings is 1. The maximum absolute atomic E-state index is 13.9. The van der Waals surface area contributed by atoms with Gasteiger partial charge in [-0.25, -0.2) is 24.0 Å². The third kappa shape index (κ3) is 4.99. The summed E-state index contributed by atoms with van der Waals surface area (Å²) in [6, 6.07) is 9.59. The number of aromatic amines is 1. The summed E-state index contributed by atoms with van der Waals surface area (Å²) in [5.74, 6) is 0.0606. The monoisotopic (exact) mass is 570 g/mol. The van der Waals surface area contributed by atoms with Crippen molar-refractivity contribution in [2.24, 2.45) is 0 Å². The van der Waals surface area contributed by atoms with E-state index in [1.165, 1.54) is 0 Å². The minimum atomic E-state index is -0.764. The molecule has 4 aromatic rings. The number of carbonyl (C=O) groups excluding carboxylic acids is 3. The molecule has 5 heterocycles. The number of rotatable bonds is 2. The lowest BCUT2D eigenvalue weighted by atomic mass is 9.93. The Hall–Kier alpha value is -4.67. The molecule has 1 aromatic carbocycles. The van der Waals surface area contributed by atoms with E-state index in [2.05, 4.69) is 10.1 Å². The Kier molecular flexibility index (Phi) is 6.36. The summed E-state index contributed by atoms with van der Waals surface area (Å²) in [6.45, 7) is 11.7. The summed E-state index contributed by atoms with van der Waals surface area (Å²) in [7, 11) is 0. The zero-order chi connectivity index (χ0) is 30.0. The average molecular weight is 571 g/mol. The van der Waals surface area contributed by atoms with E-state index >= 15 is 0 Å². The second kappa shape index (κ2) is 9.71. The highest BCUT2D eigenvalue weighted by Gasteiger charge is 2.39. The zero-order valence-electron chi connectivity index (χ0n) is 24.6. The molecule has 1 N–H and O–H groups in total. The lowest BCUT2D eigenvalue weighted by molar-refractivity contribution is 0.0215. The Balaban J connectivity index is 1.41. The number of hydrogen-bond acceptors (Lipinski definition) is 7. The summed E-state index contributed by atoms with van der Waals surface area (Å²) >= 11 is 0. The fourth-order valence-electron chi connectivity index (χ4n) is 5.38. The van der Waals surface area contributed by atoms with Crippen molar-refractivity contribution in [3.05, 3.63) is 65.2 Å². The molecule has 2 aliphatic rings. The Morgan fingerprint density at radius 1 is 0.905 bits per heavy atom. The smallest absolute Gasteiger partial charge is 0.417 e. The van der Waals surface area contributed by atoms with Crippen LogP contribution in [0.1, 0.15) is 68.9 Å². The molecule has 0 radical (unpaired) electrons. The second-order valence-corrected chi connectivity index (χ2v) is 12.6. The van der Waals surface area contributed by atoms with Crippen molar-refractivity contribution in [2.45, 2.75) is 72.3 Å². The van der Waals surface area contributed by atoms with E-state index in [0.717, 1.165) is 32.9 Å². The standard InChI is InChI=1S/C31H34N6O5/c1-30(2,3)41-28(39)35-14-12-22-23(17-35)34-26(33-22)19-11-10-18(20-15-32-37-13-8-7-9-24(20)37)21-16-36(27(38)25(19)21)29(40)42-31(4,5)6/h7-11,13,15H,12,14,16-17H2,1-6H3,(H,33,34). The van der Waals surface area contributed by atoms with Crippen LogP contribution in [0.2, 0.25) is 0 Å². The number of fused-ring (bicyclic) bond motifs is 3. The predicted molar refractivity (Wildman–Crippen MR) is 155 cm³/mol. The van der Waals surface area contributed by atoms with E-state index in [1.807, 2.05) is 57.3 Å². The molecule has 0 saturated heterocycles. The van der Waals surface area contributed by atoms with E-state index in [-0.39, 0.29) is 12.6 Å². The number of hydrogen-bond donors (Lipinski definition) is 1. The van der Waals surface area contributed by atoms with E-state index in [9.17, 15) is 14.4 Å². The molecule has 2 aliphatic heterocycles. The van der Waals surface area contributed by atoms with Gasteiger partial charge in [-0.3, -0.25) is 4.79 Å². The molecule has 0 bridgehead atoms. The van der Waals surface area contributed by atoms with Gasteiger partial charge in [0.1, 0.15) is 17.0 Å². The van der Waals surface area contributed by atoms with Gasteiger partial charge in [-0.1, -0.05) is 12.1 Å². The van der Waals surface area contributed by atoms with E-state index in [1.54, 1.807) is 36.4 Å². The maximum atomic E-state index is 13.9. The Morgan fingerprint density at radius 2 is 1.62 bits per heavy atom. The van der Waals surface area contributed by atoms with Crippen LogP contribution in [0.15, 0.2) is 42.7 Å². The molecule has 42 heavy (non-hydrogen) atoms. The van der Waals surface area contributed by atoms with Crippen molar-refractivity contribution in [1.29, 1.82) is 0 Å². The average Bonchev–Trinajstić information content (AvgIpc) is 3.61. The van der Waals surface area contributed by atoms with E-state index in [0.29, 0.717) is 42.0 Å². The van der Waals surface area contributed by atoms with Crippen LogP contribution in [0.5, 0.6) is 0 Å². The van der Waals surface area contributed by atoms with Crippen LogP contribution in [0, 0.1) is 0 Å². The lowest BCUT2D eigenvalue weighted by Gasteiger charge is -2.29. The Labute approximate surface area is 243 Å². The topological polar surface area (TPSA) is 122 Å². The van der Waals surface area contributed by atoms with E-state index < -0.39 is 23.2 Å². The van der Waals surface area contributed by atoms with Crippen LogP contribution >= 0.6 is 0 Å². The van der Waals surface area contributed by atoms with Gasteiger partial charge in [-0.05, 0) is 70.9 Å². The number of imidazole rings is 1. The molecule has 0 unspecified atom stereocenters. The van der Waals surface area contributed by atoms with Gasteiger partial charge in [0.25, 0.3) is 5.91 Å². The normalized spacial score (nSPS) is 15.1. The fraction of sp³-hybridized carbons (Fsp3) is 0.387. The molecular weight excluding hydrogens is 536 g/mol. The molecule has 0 atom stereocenters. The van der Waals surface area contributed by atoms with Gasteiger partial charge >= 0.3 is 12.2 Å². The first-order valence-electron chi connectivity index (χ1n) is 14.0. The molecular formula is C31H34N6O5. The molecule has 0 aliphatic carbocycles. The molecule has 11 nitrogen and oxygen atoms in total. The summed E-state index contributed by atoms with van der Waals surface area (Å²) in [5.41, 5.74) is 4.48. The van der Waals surface area contributed by atoms with Crippen molar-refractivity contribution >= 4 is 23.6 Å². The van der Waals surface area contributed by atoms with Crippen LogP contribution in [-0.2, 0) is 29.0 Å². The van der Waals surface area contributed by atoms with Crippen LogP contribution in [0.25, 0.3) is 28.0 Å². The molecule has 0 saturated carbocycles. The first-order chi connectivity index (χ1) is 19.8. The predicted octanol–water partition coefficient (Wildman–Crippen LogP) is 5.58. The van der Waals surface area contributed by atoms with Crippen molar-refractivity contribution in [3.63, 3.8) is 0 Å². The molecule has 3 amide bonds. The summed E-state index contributed by atoms with van der Waals surface area (Å²) in [5, 5.41) is 4.48. The number of ether oxygens (including phenoxy) is 2. The van der Waals surface area contributed by atoms with Crippen molar-refractivity contribution in [1.82, 2.24) is 29.4 Å². The molecule has 3 aromatic heterocycles. The van der Waals surface area contributed by atoms with Gasteiger partial charge < -0.3 is 19.4 Å². The molecule has 0 spiro atoms. The van der Waals surface area contributed by atoms with Gasteiger partial charge in [0.15, 0.2) is 0 Å².